The topological polar surface area (TPSA) is 12.5 Å². The van der Waals surface area contributed by atoms with E-state index in [4.69, 9.17) is 4.74 Å². The Bertz CT molecular complexity index is 476. The largest absolute Gasteiger partial charge is 0.496 e. The Morgan fingerprint density at radius 1 is 1.31 bits per heavy atom. The predicted molar refractivity (Wildman–Crippen MR) is 70.6 cm³/mol. The van der Waals surface area contributed by atoms with E-state index in [1.165, 1.54) is 15.6 Å². The lowest BCUT2D eigenvalue weighted by molar-refractivity contribution is 0.411. The highest BCUT2D eigenvalue weighted by Gasteiger charge is 2.09. The molecule has 0 saturated heterocycles. The molecule has 3 heteroatoms. The monoisotopic (exact) mass is 235 g/mol. The van der Waals surface area contributed by atoms with Crippen LogP contribution in [0.2, 0.25) is 0 Å². The number of ether oxygens (including phenoxy) is 1. The maximum atomic E-state index is 5.43. The van der Waals surface area contributed by atoms with Gasteiger partial charge in [-0.2, -0.15) is 0 Å². The third kappa shape index (κ3) is 2.20. The number of hydrogen-bond acceptors (Lipinski definition) is 3. The number of fused-ring (bicyclic) bond motifs is 1. The summed E-state index contributed by atoms with van der Waals surface area (Å²) in [5.74, 6) is 0.993. The van der Waals surface area contributed by atoms with Crippen molar-refractivity contribution in [3.8, 4) is 5.75 Å². The fourth-order valence-electron chi connectivity index (χ4n) is 1.82. The van der Waals surface area contributed by atoms with E-state index >= 15 is 0 Å². The number of methoxy groups -OCH3 is 1. The summed E-state index contributed by atoms with van der Waals surface area (Å²) in [5.41, 5.74) is 1.39. The Kier molecular flexibility index (Phi) is 3.46. The Morgan fingerprint density at radius 2 is 2.12 bits per heavy atom. The van der Waals surface area contributed by atoms with Crippen molar-refractivity contribution in [2.45, 2.75) is 6.42 Å². The third-order valence-corrected chi connectivity index (χ3v) is 3.68. The van der Waals surface area contributed by atoms with Crippen LogP contribution in [-0.4, -0.2) is 32.6 Å². The minimum atomic E-state index is 0.993. The summed E-state index contributed by atoms with van der Waals surface area (Å²) < 4.78 is 6.74. The van der Waals surface area contributed by atoms with Gasteiger partial charge in [0.1, 0.15) is 5.75 Å². The van der Waals surface area contributed by atoms with Crippen LogP contribution >= 0.6 is 11.3 Å². The number of thiophene rings is 1. The van der Waals surface area contributed by atoms with Crippen molar-refractivity contribution < 1.29 is 4.74 Å². The minimum absolute atomic E-state index is 0.993. The number of rotatable bonds is 4. The molecule has 0 aliphatic carbocycles. The lowest BCUT2D eigenvalue weighted by Gasteiger charge is -2.09. The molecular formula is C13H17NOS. The Balaban J connectivity index is 2.38. The molecule has 1 aromatic heterocycles. The summed E-state index contributed by atoms with van der Waals surface area (Å²) in [6.45, 7) is 1.07. The molecule has 0 radical (unpaired) electrons. The van der Waals surface area contributed by atoms with Crippen molar-refractivity contribution in [3.63, 3.8) is 0 Å². The Labute approximate surface area is 100 Å². The highest BCUT2D eigenvalue weighted by Crippen LogP contribution is 2.33. The summed E-state index contributed by atoms with van der Waals surface area (Å²) in [7, 11) is 5.94. The summed E-state index contributed by atoms with van der Waals surface area (Å²) >= 11 is 1.80. The highest BCUT2D eigenvalue weighted by molar-refractivity contribution is 7.17. The van der Waals surface area contributed by atoms with Gasteiger partial charge in [-0.3, -0.25) is 0 Å². The molecule has 0 bridgehead atoms. The summed E-state index contributed by atoms with van der Waals surface area (Å²) in [6, 6.07) is 6.24. The second-order valence-corrected chi connectivity index (χ2v) is 5.06. The van der Waals surface area contributed by atoms with E-state index in [2.05, 4.69) is 30.4 Å². The van der Waals surface area contributed by atoms with E-state index in [-0.39, 0.29) is 0 Å². The standard InChI is InChI=1S/C13H17NOS/c1-14(2)8-7-10-9-16-12-6-4-5-11(15-3)13(10)12/h4-6,9H,7-8H2,1-3H3. The second kappa shape index (κ2) is 4.85. The van der Waals surface area contributed by atoms with Crippen molar-refractivity contribution in [3.05, 3.63) is 29.1 Å². The molecule has 0 N–H and O–H groups in total. The number of benzene rings is 1. The van der Waals surface area contributed by atoms with Gasteiger partial charge in [0, 0.05) is 16.6 Å². The lowest BCUT2D eigenvalue weighted by Crippen LogP contribution is -2.14. The quantitative estimate of drug-likeness (QED) is 0.807. The summed E-state index contributed by atoms with van der Waals surface area (Å²) in [4.78, 5) is 2.21. The molecule has 0 fully saturated rings. The molecule has 16 heavy (non-hydrogen) atoms. The first-order chi connectivity index (χ1) is 7.72. The van der Waals surface area contributed by atoms with Crippen LogP contribution in [0, 0.1) is 0 Å². The fraction of sp³-hybridized carbons (Fsp3) is 0.385. The van der Waals surface area contributed by atoms with Gasteiger partial charge in [0.15, 0.2) is 0 Å². The van der Waals surface area contributed by atoms with Gasteiger partial charge < -0.3 is 9.64 Å². The number of hydrogen-bond donors (Lipinski definition) is 0. The van der Waals surface area contributed by atoms with Crippen LogP contribution in [0.4, 0.5) is 0 Å². The van der Waals surface area contributed by atoms with Gasteiger partial charge in [0.05, 0.1) is 7.11 Å². The van der Waals surface area contributed by atoms with Crippen LogP contribution in [0.15, 0.2) is 23.6 Å². The van der Waals surface area contributed by atoms with E-state index in [9.17, 15) is 0 Å². The Hall–Kier alpha value is -1.06. The molecule has 0 unspecified atom stereocenters. The normalized spacial score (nSPS) is 11.2. The molecule has 2 rings (SSSR count). The van der Waals surface area contributed by atoms with Crippen molar-refractivity contribution in [2.75, 3.05) is 27.7 Å². The predicted octanol–water partition coefficient (Wildman–Crippen LogP) is 3.01. The summed E-state index contributed by atoms with van der Waals surface area (Å²) in [6.07, 6.45) is 1.08. The minimum Gasteiger partial charge on any atom is -0.496 e. The van der Waals surface area contributed by atoms with Crippen molar-refractivity contribution in [1.29, 1.82) is 0 Å². The maximum absolute atomic E-state index is 5.43. The van der Waals surface area contributed by atoms with E-state index < -0.39 is 0 Å². The molecule has 86 valence electrons. The first-order valence-electron chi connectivity index (χ1n) is 5.40. The molecule has 2 aromatic rings. The van der Waals surface area contributed by atoms with Crippen molar-refractivity contribution >= 4 is 21.4 Å². The van der Waals surface area contributed by atoms with Gasteiger partial charge in [-0.1, -0.05) is 6.07 Å². The van der Waals surface area contributed by atoms with Crippen molar-refractivity contribution in [1.82, 2.24) is 4.90 Å². The molecule has 0 aliphatic heterocycles. The summed E-state index contributed by atoms with van der Waals surface area (Å²) in [5, 5.41) is 3.54. The maximum Gasteiger partial charge on any atom is 0.127 e. The average molecular weight is 235 g/mol. The van der Waals surface area contributed by atoms with Gasteiger partial charge in [-0.15, -0.1) is 11.3 Å². The first-order valence-corrected chi connectivity index (χ1v) is 6.28. The third-order valence-electron chi connectivity index (χ3n) is 2.69. The smallest absolute Gasteiger partial charge is 0.127 e. The molecule has 0 atom stereocenters. The first kappa shape index (κ1) is 11.4. The van der Waals surface area contributed by atoms with E-state index in [0.29, 0.717) is 0 Å². The van der Waals surface area contributed by atoms with Crippen LogP contribution in [-0.2, 0) is 6.42 Å². The van der Waals surface area contributed by atoms with Crippen molar-refractivity contribution in [2.24, 2.45) is 0 Å². The van der Waals surface area contributed by atoms with E-state index in [0.717, 1.165) is 18.7 Å². The molecule has 1 aromatic carbocycles. The zero-order chi connectivity index (χ0) is 11.5. The second-order valence-electron chi connectivity index (χ2n) is 4.15. The average Bonchev–Trinajstić information content (AvgIpc) is 2.69. The molecule has 2 nitrogen and oxygen atoms in total. The SMILES string of the molecule is COc1cccc2scc(CCN(C)C)c12. The van der Waals surface area contributed by atoms with Gasteiger partial charge in [0.25, 0.3) is 0 Å². The Morgan fingerprint density at radius 3 is 2.81 bits per heavy atom. The molecule has 0 amide bonds. The molecule has 0 spiro atoms. The van der Waals surface area contributed by atoms with Crippen LogP contribution in [0.3, 0.4) is 0 Å². The molecule has 1 heterocycles. The van der Waals surface area contributed by atoms with E-state index in [1.807, 2.05) is 12.1 Å². The van der Waals surface area contributed by atoms with Crippen LogP contribution in [0.5, 0.6) is 5.75 Å². The van der Waals surface area contributed by atoms with E-state index in [1.54, 1.807) is 18.4 Å². The van der Waals surface area contributed by atoms with Gasteiger partial charge in [-0.05, 0) is 43.6 Å². The van der Waals surface area contributed by atoms with Crippen LogP contribution < -0.4 is 4.74 Å². The number of likely N-dealkylation sites (N-methyl/N-ethyl adjacent to an activating group) is 1. The molecule has 0 aliphatic rings. The molecular weight excluding hydrogens is 218 g/mol. The van der Waals surface area contributed by atoms with Crippen LogP contribution in [0.25, 0.3) is 10.1 Å². The van der Waals surface area contributed by atoms with Gasteiger partial charge in [0.2, 0.25) is 0 Å². The zero-order valence-electron chi connectivity index (χ0n) is 9.99. The zero-order valence-corrected chi connectivity index (χ0v) is 10.8. The highest BCUT2D eigenvalue weighted by atomic mass is 32.1. The molecule has 0 saturated carbocycles. The number of nitrogens with zero attached hydrogens (tertiary/aromatic N) is 1. The van der Waals surface area contributed by atoms with Gasteiger partial charge >= 0.3 is 0 Å². The van der Waals surface area contributed by atoms with Gasteiger partial charge in [-0.25, -0.2) is 0 Å². The van der Waals surface area contributed by atoms with Crippen LogP contribution in [0.1, 0.15) is 5.56 Å². The fourth-order valence-corrected chi connectivity index (χ4v) is 2.83. The lowest BCUT2D eigenvalue weighted by atomic mass is 10.1.